The number of benzene rings is 1. The van der Waals surface area contributed by atoms with E-state index in [0.717, 1.165) is 26.7 Å². The molecule has 1 aromatic carbocycles. The Bertz CT molecular complexity index is 1090. The number of rotatable bonds is 5. The number of nitrogens with zero attached hydrogens (tertiary/aromatic N) is 3. The predicted molar refractivity (Wildman–Crippen MR) is 109 cm³/mol. The fraction of sp³-hybridized carbons (Fsp3) is 0.450. The Hall–Kier alpha value is -3.07. The second-order valence-electron chi connectivity index (χ2n) is 7.20. The molecule has 1 unspecified atom stereocenters. The van der Waals surface area contributed by atoms with Crippen molar-refractivity contribution in [2.75, 3.05) is 26.5 Å². The standard InChI is InChI=1S/C20H26N4O5/c1-11(17(25)16-18(21)22(2)20(27)23(3)19(16)26)24-7-6-12-8-14(28-4)15(29-5)9-13(12)10-24/h8-9,11H,6-7,10,21H2,1-5H3. The lowest BCUT2D eigenvalue weighted by Crippen LogP contribution is -2.47. The van der Waals surface area contributed by atoms with Gasteiger partial charge in [0, 0.05) is 27.2 Å². The summed E-state index contributed by atoms with van der Waals surface area (Å²) >= 11 is 0. The summed E-state index contributed by atoms with van der Waals surface area (Å²) in [6.07, 6.45) is 0.730. The van der Waals surface area contributed by atoms with Gasteiger partial charge in [-0.25, -0.2) is 4.79 Å². The highest BCUT2D eigenvalue weighted by molar-refractivity contribution is 6.03. The third kappa shape index (κ3) is 3.42. The Kier molecular flexibility index (Phi) is 5.52. The summed E-state index contributed by atoms with van der Waals surface area (Å²) < 4.78 is 12.8. The number of aromatic nitrogens is 2. The zero-order valence-corrected chi connectivity index (χ0v) is 17.3. The fourth-order valence-electron chi connectivity index (χ4n) is 3.70. The van der Waals surface area contributed by atoms with Crippen molar-refractivity contribution >= 4 is 11.6 Å². The van der Waals surface area contributed by atoms with E-state index in [4.69, 9.17) is 15.2 Å². The first-order chi connectivity index (χ1) is 13.7. The Morgan fingerprint density at radius 1 is 1.07 bits per heavy atom. The molecular formula is C20H26N4O5. The smallest absolute Gasteiger partial charge is 0.332 e. The molecule has 0 amide bonds. The molecule has 29 heavy (non-hydrogen) atoms. The summed E-state index contributed by atoms with van der Waals surface area (Å²) in [5, 5.41) is 0. The van der Waals surface area contributed by atoms with Crippen LogP contribution in [0.15, 0.2) is 21.7 Å². The van der Waals surface area contributed by atoms with E-state index >= 15 is 0 Å². The largest absolute Gasteiger partial charge is 0.493 e. The molecular weight excluding hydrogens is 376 g/mol. The zero-order chi connectivity index (χ0) is 21.5. The molecule has 2 heterocycles. The second kappa shape index (κ2) is 7.75. The van der Waals surface area contributed by atoms with Gasteiger partial charge in [-0.15, -0.1) is 0 Å². The minimum atomic E-state index is -0.675. The van der Waals surface area contributed by atoms with Crippen LogP contribution < -0.4 is 26.5 Å². The molecule has 0 saturated carbocycles. The first kappa shape index (κ1) is 20.7. The second-order valence-corrected chi connectivity index (χ2v) is 7.20. The van der Waals surface area contributed by atoms with Crippen LogP contribution in [0.3, 0.4) is 0 Å². The van der Waals surface area contributed by atoms with Crippen LogP contribution in [-0.4, -0.2) is 46.6 Å². The highest BCUT2D eigenvalue weighted by Crippen LogP contribution is 2.33. The monoisotopic (exact) mass is 402 g/mol. The maximum atomic E-state index is 13.1. The van der Waals surface area contributed by atoms with Crippen LogP contribution in [0.5, 0.6) is 11.5 Å². The molecule has 0 bridgehead atoms. The number of methoxy groups -OCH3 is 2. The van der Waals surface area contributed by atoms with Gasteiger partial charge in [-0.05, 0) is 36.6 Å². The minimum absolute atomic E-state index is 0.112. The van der Waals surface area contributed by atoms with Crippen molar-refractivity contribution in [1.82, 2.24) is 14.0 Å². The van der Waals surface area contributed by atoms with Crippen LogP contribution >= 0.6 is 0 Å². The Morgan fingerprint density at radius 2 is 1.66 bits per heavy atom. The zero-order valence-electron chi connectivity index (χ0n) is 17.3. The van der Waals surface area contributed by atoms with E-state index in [1.54, 1.807) is 21.1 Å². The van der Waals surface area contributed by atoms with Crippen LogP contribution in [0.25, 0.3) is 0 Å². The maximum absolute atomic E-state index is 13.1. The number of carbonyl (C=O) groups is 1. The van der Waals surface area contributed by atoms with Gasteiger partial charge < -0.3 is 15.2 Å². The number of fused-ring (bicyclic) bond motifs is 1. The number of nitrogen functional groups attached to an aromatic ring is 1. The third-order valence-corrected chi connectivity index (χ3v) is 5.63. The molecule has 2 N–H and O–H groups in total. The molecule has 0 aliphatic carbocycles. The van der Waals surface area contributed by atoms with E-state index in [9.17, 15) is 14.4 Å². The summed E-state index contributed by atoms with van der Waals surface area (Å²) in [4.78, 5) is 39.7. The maximum Gasteiger partial charge on any atom is 0.332 e. The number of Topliss-reactive ketones (excluding diaryl/α,β-unsaturated/α-hetero) is 1. The molecule has 0 fully saturated rings. The number of hydrogen-bond acceptors (Lipinski definition) is 7. The van der Waals surface area contributed by atoms with Crippen LogP contribution in [-0.2, 0) is 27.1 Å². The van der Waals surface area contributed by atoms with Gasteiger partial charge in [-0.3, -0.25) is 23.6 Å². The van der Waals surface area contributed by atoms with Crippen molar-refractivity contribution in [2.45, 2.75) is 25.9 Å². The number of ketones is 1. The molecule has 2 aromatic rings. The molecule has 9 nitrogen and oxygen atoms in total. The molecule has 9 heteroatoms. The molecule has 0 radical (unpaired) electrons. The van der Waals surface area contributed by atoms with Gasteiger partial charge in [-0.2, -0.15) is 0 Å². The van der Waals surface area contributed by atoms with Crippen molar-refractivity contribution in [2.24, 2.45) is 14.1 Å². The van der Waals surface area contributed by atoms with Crippen molar-refractivity contribution in [3.63, 3.8) is 0 Å². The number of ether oxygens (including phenoxy) is 2. The molecule has 1 aromatic heterocycles. The van der Waals surface area contributed by atoms with E-state index < -0.39 is 23.1 Å². The lowest BCUT2D eigenvalue weighted by Gasteiger charge is -2.33. The molecule has 1 aliphatic rings. The molecule has 156 valence electrons. The first-order valence-corrected chi connectivity index (χ1v) is 9.28. The van der Waals surface area contributed by atoms with Gasteiger partial charge in [0.15, 0.2) is 17.3 Å². The van der Waals surface area contributed by atoms with E-state index in [1.807, 2.05) is 17.0 Å². The number of hydrogen-bond donors (Lipinski definition) is 1. The number of anilines is 1. The van der Waals surface area contributed by atoms with E-state index in [1.165, 1.54) is 14.1 Å². The Labute approximate surface area is 168 Å². The van der Waals surface area contributed by atoms with Crippen LogP contribution in [0.4, 0.5) is 5.82 Å². The Balaban J connectivity index is 1.93. The highest BCUT2D eigenvalue weighted by atomic mass is 16.5. The Morgan fingerprint density at radius 3 is 2.24 bits per heavy atom. The predicted octanol–water partition coefficient (Wildman–Crippen LogP) is 0.313. The fourth-order valence-corrected chi connectivity index (χ4v) is 3.70. The van der Waals surface area contributed by atoms with Crippen molar-refractivity contribution in [1.29, 1.82) is 0 Å². The quantitative estimate of drug-likeness (QED) is 0.717. The first-order valence-electron chi connectivity index (χ1n) is 9.28. The van der Waals surface area contributed by atoms with Gasteiger partial charge in [0.05, 0.1) is 20.3 Å². The van der Waals surface area contributed by atoms with Crippen LogP contribution in [0, 0.1) is 0 Å². The molecule has 0 spiro atoms. The third-order valence-electron chi connectivity index (χ3n) is 5.63. The average molecular weight is 402 g/mol. The highest BCUT2D eigenvalue weighted by Gasteiger charge is 2.31. The lowest BCUT2D eigenvalue weighted by molar-refractivity contribution is 0.0817. The topological polar surface area (TPSA) is 109 Å². The summed E-state index contributed by atoms with van der Waals surface area (Å²) in [7, 11) is 5.95. The van der Waals surface area contributed by atoms with Crippen molar-refractivity contribution < 1.29 is 14.3 Å². The normalized spacial score (nSPS) is 14.9. The van der Waals surface area contributed by atoms with Crippen LogP contribution in [0.1, 0.15) is 28.4 Å². The van der Waals surface area contributed by atoms with Gasteiger partial charge in [-0.1, -0.05) is 0 Å². The summed E-state index contributed by atoms with van der Waals surface area (Å²) in [6, 6.07) is 3.29. The van der Waals surface area contributed by atoms with Crippen LogP contribution in [0.2, 0.25) is 0 Å². The average Bonchev–Trinajstić information content (AvgIpc) is 2.74. The van der Waals surface area contributed by atoms with E-state index in [0.29, 0.717) is 24.6 Å². The van der Waals surface area contributed by atoms with E-state index in [2.05, 4.69) is 0 Å². The minimum Gasteiger partial charge on any atom is -0.493 e. The summed E-state index contributed by atoms with van der Waals surface area (Å²) in [5.41, 5.74) is 6.73. The van der Waals surface area contributed by atoms with Crippen molar-refractivity contribution in [3.05, 3.63) is 49.7 Å². The number of carbonyl (C=O) groups excluding carboxylic acids is 1. The molecule has 0 saturated heterocycles. The van der Waals surface area contributed by atoms with E-state index in [-0.39, 0.29) is 11.4 Å². The van der Waals surface area contributed by atoms with Crippen molar-refractivity contribution in [3.8, 4) is 11.5 Å². The molecule has 1 aliphatic heterocycles. The lowest BCUT2D eigenvalue weighted by atomic mass is 9.96. The van der Waals surface area contributed by atoms with Gasteiger partial charge in [0.1, 0.15) is 11.4 Å². The summed E-state index contributed by atoms with van der Waals surface area (Å²) in [5.74, 6) is 0.787. The van der Waals surface area contributed by atoms with Gasteiger partial charge in [0.25, 0.3) is 5.56 Å². The van der Waals surface area contributed by atoms with Gasteiger partial charge in [0.2, 0.25) is 0 Å². The number of nitrogens with two attached hydrogens (primary N) is 1. The molecule has 3 rings (SSSR count). The SMILES string of the molecule is COc1cc2c(cc1OC)CN(C(C)C(=O)c1c(N)n(C)c(=O)n(C)c1=O)CC2. The summed E-state index contributed by atoms with van der Waals surface area (Å²) in [6.45, 7) is 2.91. The molecule has 1 atom stereocenters. The van der Waals surface area contributed by atoms with Gasteiger partial charge >= 0.3 is 5.69 Å².